The summed E-state index contributed by atoms with van der Waals surface area (Å²) < 4.78 is 13.3. The summed E-state index contributed by atoms with van der Waals surface area (Å²) in [6.07, 6.45) is 0.722. The van der Waals surface area contributed by atoms with E-state index in [1.165, 1.54) is 12.1 Å². The highest BCUT2D eigenvalue weighted by atomic mass is 35.5. The van der Waals surface area contributed by atoms with Crippen molar-refractivity contribution in [2.24, 2.45) is 0 Å². The molecule has 0 heterocycles. The summed E-state index contributed by atoms with van der Waals surface area (Å²) in [5.41, 5.74) is -0.429. The minimum absolute atomic E-state index is 0.336. The highest BCUT2D eigenvalue weighted by molar-refractivity contribution is 6.30. The third kappa shape index (κ3) is 2.07. The maximum absolute atomic E-state index is 13.3. The standard InChI is InChI=1S/C10H10ClFO/c1-10(2,6-13)8-4-3-7(11)5-9(8)12/h3-6H,1-2H3. The fourth-order valence-electron chi connectivity index (χ4n) is 1.08. The van der Waals surface area contributed by atoms with E-state index in [9.17, 15) is 9.18 Å². The monoisotopic (exact) mass is 200 g/mol. The second-order valence-electron chi connectivity index (χ2n) is 3.46. The van der Waals surface area contributed by atoms with Gasteiger partial charge in [0.05, 0.1) is 0 Å². The first-order valence-corrected chi connectivity index (χ1v) is 4.27. The van der Waals surface area contributed by atoms with Crippen LogP contribution in [0.25, 0.3) is 0 Å². The highest BCUT2D eigenvalue weighted by Gasteiger charge is 2.23. The van der Waals surface area contributed by atoms with Crippen LogP contribution < -0.4 is 0 Å². The average Bonchev–Trinajstić information content (AvgIpc) is 2.03. The van der Waals surface area contributed by atoms with Gasteiger partial charge < -0.3 is 4.79 Å². The molecule has 70 valence electrons. The molecule has 3 heteroatoms. The second kappa shape index (κ2) is 3.46. The van der Waals surface area contributed by atoms with Gasteiger partial charge in [0.25, 0.3) is 0 Å². The van der Waals surface area contributed by atoms with Crippen molar-refractivity contribution >= 4 is 17.9 Å². The third-order valence-corrected chi connectivity index (χ3v) is 2.16. The largest absolute Gasteiger partial charge is 0.302 e. The fourth-order valence-corrected chi connectivity index (χ4v) is 1.23. The molecule has 0 spiro atoms. The molecule has 0 aromatic heterocycles. The second-order valence-corrected chi connectivity index (χ2v) is 3.90. The molecule has 0 aliphatic heterocycles. The van der Waals surface area contributed by atoms with E-state index in [0.717, 1.165) is 6.29 Å². The molecular weight excluding hydrogens is 191 g/mol. The first-order valence-electron chi connectivity index (χ1n) is 3.89. The minimum atomic E-state index is -0.797. The van der Waals surface area contributed by atoms with Crippen LogP contribution in [-0.2, 0) is 10.2 Å². The summed E-state index contributed by atoms with van der Waals surface area (Å²) in [5, 5.41) is 0.336. The third-order valence-electron chi connectivity index (χ3n) is 1.92. The normalized spacial score (nSPS) is 11.4. The van der Waals surface area contributed by atoms with Gasteiger partial charge in [-0.3, -0.25) is 0 Å². The van der Waals surface area contributed by atoms with Crippen molar-refractivity contribution in [1.29, 1.82) is 0 Å². The molecule has 1 aromatic rings. The van der Waals surface area contributed by atoms with Crippen molar-refractivity contribution in [3.63, 3.8) is 0 Å². The molecule has 0 N–H and O–H groups in total. The number of rotatable bonds is 2. The number of aldehydes is 1. The Kier molecular flexibility index (Phi) is 2.71. The van der Waals surface area contributed by atoms with Crippen LogP contribution in [0.4, 0.5) is 4.39 Å². The van der Waals surface area contributed by atoms with Crippen molar-refractivity contribution in [3.8, 4) is 0 Å². The number of benzene rings is 1. The molecule has 0 saturated carbocycles. The number of hydrogen-bond donors (Lipinski definition) is 0. The van der Waals surface area contributed by atoms with Crippen molar-refractivity contribution in [1.82, 2.24) is 0 Å². The van der Waals surface area contributed by atoms with Crippen LogP contribution in [0.2, 0.25) is 5.02 Å². The molecule has 0 aliphatic rings. The van der Waals surface area contributed by atoms with E-state index in [1.807, 2.05) is 0 Å². The van der Waals surface area contributed by atoms with Crippen LogP contribution >= 0.6 is 11.6 Å². The zero-order chi connectivity index (χ0) is 10.1. The number of hydrogen-bond acceptors (Lipinski definition) is 1. The van der Waals surface area contributed by atoms with Crippen LogP contribution in [0, 0.1) is 5.82 Å². The highest BCUT2D eigenvalue weighted by Crippen LogP contribution is 2.25. The zero-order valence-electron chi connectivity index (χ0n) is 7.47. The Hall–Kier alpha value is -0.890. The molecular formula is C10H10ClFO. The van der Waals surface area contributed by atoms with Gasteiger partial charge in [-0.15, -0.1) is 0 Å². The molecule has 0 atom stereocenters. The quantitative estimate of drug-likeness (QED) is 0.671. The van der Waals surface area contributed by atoms with Gasteiger partial charge in [0.1, 0.15) is 12.1 Å². The van der Waals surface area contributed by atoms with Gasteiger partial charge in [-0.1, -0.05) is 17.7 Å². The van der Waals surface area contributed by atoms with E-state index in [-0.39, 0.29) is 0 Å². The van der Waals surface area contributed by atoms with E-state index < -0.39 is 11.2 Å². The fraction of sp³-hybridized carbons (Fsp3) is 0.300. The summed E-state index contributed by atoms with van der Waals surface area (Å²) in [5.74, 6) is -0.440. The lowest BCUT2D eigenvalue weighted by molar-refractivity contribution is -0.111. The number of carbonyl (C=O) groups is 1. The van der Waals surface area contributed by atoms with Gasteiger partial charge in [0, 0.05) is 16.0 Å². The predicted octanol–water partition coefficient (Wildman–Crippen LogP) is 2.96. The Morgan fingerprint density at radius 2 is 2.08 bits per heavy atom. The molecule has 13 heavy (non-hydrogen) atoms. The Balaban J connectivity index is 3.23. The predicted molar refractivity (Wildman–Crippen MR) is 50.5 cm³/mol. The molecule has 1 rings (SSSR count). The molecule has 0 unspecified atom stereocenters. The van der Waals surface area contributed by atoms with E-state index in [2.05, 4.69) is 0 Å². The first kappa shape index (κ1) is 10.2. The maximum Gasteiger partial charge on any atom is 0.130 e. The summed E-state index contributed by atoms with van der Waals surface area (Å²) in [6.45, 7) is 3.32. The molecule has 0 amide bonds. The van der Waals surface area contributed by atoms with Crippen LogP contribution in [0.5, 0.6) is 0 Å². The van der Waals surface area contributed by atoms with Gasteiger partial charge in [-0.05, 0) is 26.0 Å². The maximum atomic E-state index is 13.3. The van der Waals surface area contributed by atoms with Gasteiger partial charge in [-0.25, -0.2) is 4.39 Å². The number of halogens is 2. The van der Waals surface area contributed by atoms with E-state index in [0.29, 0.717) is 10.6 Å². The summed E-state index contributed by atoms with van der Waals surface area (Å²) in [6, 6.07) is 4.32. The molecule has 1 aromatic carbocycles. The Labute approximate surface area is 81.5 Å². The van der Waals surface area contributed by atoms with Crippen molar-refractivity contribution in [3.05, 3.63) is 34.6 Å². The van der Waals surface area contributed by atoms with Gasteiger partial charge in [-0.2, -0.15) is 0 Å². The van der Waals surface area contributed by atoms with Crippen molar-refractivity contribution in [2.45, 2.75) is 19.3 Å². The summed E-state index contributed by atoms with van der Waals surface area (Å²) in [7, 11) is 0. The summed E-state index contributed by atoms with van der Waals surface area (Å²) >= 11 is 5.58. The molecule has 1 nitrogen and oxygen atoms in total. The van der Waals surface area contributed by atoms with E-state index in [4.69, 9.17) is 11.6 Å². The lowest BCUT2D eigenvalue weighted by atomic mass is 9.86. The van der Waals surface area contributed by atoms with Crippen LogP contribution in [0.3, 0.4) is 0 Å². The summed E-state index contributed by atoms with van der Waals surface area (Å²) in [4.78, 5) is 10.7. The zero-order valence-corrected chi connectivity index (χ0v) is 8.23. The Morgan fingerprint density at radius 1 is 1.46 bits per heavy atom. The van der Waals surface area contributed by atoms with Crippen molar-refractivity contribution in [2.75, 3.05) is 0 Å². The van der Waals surface area contributed by atoms with Gasteiger partial charge in [0.2, 0.25) is 0 Å². The van der Waals surface area contributed by atoms with Crippen LogP contribution in [0.1, 0.15) is 19.4 Å². The van der Waals surface area contributed by atoms with E-state index in [1.54, 1.807) is 19.9 Å². The molecule has 0 bridgehead atoms. The average molecular weight is 201 g/mol. The van der Waals surface area contributed by atoms with Gasteiger partial charge >= 0.3 is 0 Å². The Morgan fingerprint density at radius 3 is 2.54 bits per heavy atom. The van der Waals surface area contributed by atoms with Gasteiger partial charge in [0.15, 0.2) is 0 Å². The Bertz CT molecular complexity index is 334. The molecule has 0 fully saturated rings. The molecule has 0 radical (unpaired) electrons. The lowest BCUT2D eigenvalue weighted by Gasteiger charge is -2.17. The minimum Gasteiger partial charge on any atom is -0.302 e. The first-order chi connectivity index (χ1) is 5.97. The topological polar surface area (TPSA) is 17.1 Å². The number of carbonyl (C=O) groups excluding carboxylic acids is 1. The lowest BCUT2D eigenvalue weighted by Crippen LogP contribution is -2.20. The molecule has 0 aliphatic carbocycles. The molecule has 0 saturated heterocycles. The van der Waals surface area contributed by atoms with E-state index >= 15 is 0 Å². The SMILES string of the molecule is CC(C)(C=O)c1ccc(Cl)cc1F. The van der Waals surface area contributed by atoms with Crippen molar-refractivity contribution < 1.29 is 9.18 Å². The van der Waals surface area contributed by atoms with Crippen LogP contribution in [-0.4, -0.2) is 6.29 Å². The van der Waals surface area contributed by atoms with Crippen LogP contribution in [0.15, 0.2) is 18.2 Å². The smallest absolute Gasteiger partial charge is 0.130 e.